The Hall–Kier alpha value is -5.83. The quantitative estimate of drug-likeness (QED) is 0.0647. The molecule has 1 heterocycles. The summed E-state index contributed by atoms with van der Waals surface area (Å²) in [5, 5.41) is 32.5. The highest BCUT2D eigenvalue weighted by Crippen LogP contribution is 2.47. The van der Waals surface area contributed by atoms with E-state index in [0.717, 1.165) is 55.0 Å². The lowest BCUT2D eigenvalue weighted by molar-refractivity contribution is -0.149. The largest absolute Gasteiger partial charge is 0.496 e. The van der Waals surface area contributed by atoms with Gasteiger partial charge < -0.3 is 44.5 Å². The average molecular weight is 789 g/mol. The number of methoxy groups -OCH3 is 1. The Morgan fingerprint density at radius 3 is 2.12 bits per heavy atom. The van der Waals surface area contributed by atoms with Gasteiger partial charge in [-0.25, -0.2) is 0 Å². The van der Waals surface area contributed by atoms with Crippen molar-refractivity contribution in [1.29, 1.82) is 0 Å². The number of amides is 1. The van der Waals surface area contributed by atoms with Crippen LogP contribution in [0.3, 0.4) is 0 Å². The monoisotopic (exact) mass is 788 g/mol. The number of carbonyl (C=O) groups excluding carboxylic acids is 1. The van der Waals surface area contributed by atoms with Crippen LogP contribution in [0.1, 0.15) is 46.0 Å². The predicted molar refractivity (Wildman–Crippen MR) is 222 cm³/mol. The molecular weight excluding hydrogens is 732 g/mol. The minimum Gasteiger partial charge on any atom is -0.496 e. The van der Waals surface area contributed by atoms with Gasteiger partial charge in [0.25, 0.3) is 0 Å². The molecule has 0 bridgehead atoms. The molecule has 2 aliphatic rings. The molecule has 0 spiro atoms. The van der Waals surface area contributed by atoms with Gasteiger partial charge in [0.15, 0.2) is 0 Å². The van der Waals surface area contributed by atoms with Crippen LogP contribution in [0, 0.1) is 0 Å². The topological polar surface area (TPSA) is 189 Å². The molecular formula is C42H56N6O9. The van der Waals surface area contributed by atoms with Crippen molar-refractivity contribution in [2.24, 2.45) is 4.99 Å². The Labute approximate surface area is 333 Å². The van der Waals surface area contributed by atoms with Crippen LogP contribution >= 0.6 is 0 Å². The zero-order chi connectivity index (χ0) is 42.0. The van der Waals surface area contributed by atoms with Crippen molar-refractivity contribution in [3.63, 3.8) is 0 Å². The molecule has 0 saturated carbocycles. The summed E-state index contributed by atoms with van der Waals surface area (Å²) in [6, 6.07) is 15.2. The summed E-state index contributed by atoms with van der Waals surface area (Å²) in [5.41, 5.74) is 6.49. The third-order valence-electron chi connectivity index (χ3n) is 9.88. The second-order valence-corrected chi connectivity index (χ2v) is 14.7. The predicted octanol–water partition coefficient (Wildman–Crippen LogP) is 5.08. The number of benzene rings is 3. The van der Waals surface area contributed by atoms with Crippen LogP contribution in [0.15, 0.2) is 57.9 Å². The van der Waals surface area contributed by atoms with Gasteiger partial charge >= 0.3 is 17.9 Å². The van der Waals surface area contributed by atoms with E-state index < -0.39 is 37.0 Å². The third kappa shape index (κ3) is 11.2. The maximum absolute atomic E-state index is 12.9. The number of carboxylic acids is 3. The Bertz CT molecular complexity index is 2080. The van der Waals surface area contributed by atoms with E-state index in [9.17, 15) is 24.3 Å². The molecule has 2 aromatic rings. The van der Waals surface area contributed by atoms with Gasteiger partial charge in [-0.15, -0.1) is 0 Å². The molecule has 1 amide bonds. The van der Waals surface area contributed by atoms with Crippen molar-refractivity contribution < 1.29 is 43.7 Å². The second kappa shape index (κ2) is 19.9. The van der Waals surface area contributed by atoms with Crippen LogP contribution in [0.25, 0.3) is 33.4 Å². The van der Waals surface area contributed by atoms with E-state index in [2.05, 4.69) is 58.2 Å². The van der Waals surface area contributed by atoms with E-state index in [1.165, 1.54) is 0 Å². The van der Waals surface area contributed by atoms with Gasteiger partial charge in [0.1, 0.15) is 23.1 Å². The highest BCUT2D eigenvalue weighted by Gasteiger charge is 2.29. The Morgan fingerprint density at radius 2 is 1.54 bits per heavy atom. The molecule has 0 saturated heterocycles. The number of hydrogen-bond acceptors (Lipinski definition) is 11. The number of fused-ring (bicyclic) bond motifs is 2. The van der Waals surface area contributed by atoms with Crippen molar-refractivity contribution in [2.75, 3.05) is 83.2 Å². The number of rotatable bonds is 21. The Balaban J connectivity index is 1.53. The van der Waals surface area contributed by atoms with Crippen LogP contribution in [-0.2, 0) is 19.2 Å². The summed E-state index contributed by atoms with van der Waals surface area (Å²) in [4.78, 5) is 58.7. The van der Waals surface area contributed by atoms with E-state index in [0.29, 0.717) is 43.9 Å². The smallest absolute Gasteiger partial charge is 0.320 e. The lowest BCUT2D eigenvalue weighted by atomic mass is 9.92. The molecule has 308 valence electrons. The number of nitrogens with one attached hydrogen (secondary N) is 1. The maximum atomic E-state index is 12.9. The molecule has 0 aromatic heterocycles. The first-order chi connectivity index (χ1) is 27.1. The zero-order valence-corrected chi connectivity index (χ0v) is 34.2. The first kappa shape index (κ1) is 43.9. The van der Waals surface area contributed by atoms with Gasteiger partial charge in [-0.05, 0) is 69.9 Å². The van der Waals surface area contributed by atoms with Crippen molar-refractivity contribution in [2.45, 2.75) is 58.0 Å². The highest BCUT2D eigenvalue weighted by molar-refractivity contribution is 6.05. The molecule has 0 fully saturated rings. The number of aliphatic carboxylic acids is 3. The number of carboxylic acid groups (broad SMARTS) is 3. The van der Waals surface area contributed by atoms with Crippen molar-refractivity contribution >= 4 is 51.8 Å². The fourth-order valence-corrected chi connectivity index (χ4v) is 7.02. The fourth-order valence-electron chi connectivity index (χ4n) is 7.02. The van der Waals surface area contributed by atoms with Gasteiger partial charge in [0.2, 0.25) is 5.91 Å². The molecule has 15 heteroatoms. The highest BCUT2D eigenvalue weighted by atomic mass is 16.5. The summed E-state index contributed by atoms with van der Waals surface area (Å²) < 4.78 is 12.6. The summed E-state index contributed by atoms with van der Waals surface area (Å²) in [7, 11) is 11.4. The van der Waals surface area contributed by atoms with E-state index >= 15 is 0 Å². The van der Waals surface area contributed by atoms with Crippen LogP contribution in [-0.4, -0.2) is 125 Å². The van der Waals surface area contributed by atoms with Crippen LogP contribution in [0.2, 0.25) is 0 Å². The minimum absolute atomic E-state index is 0.0466. The standard InChI is InChI=1S/C42H56N6O9/c1-26(2)48(19-11-13-38(49)44-18-10-9-12-32(42(54)55)47(24-39(50)51)25-40(52)53)34-23-35(56-8)31(22-33(34)46(6)7)41-29-16-14-27(43-3)20-36(29)57-37-21-28(45(4)5)15-17-30(37)41/h14-17,20-23,26,32H,9-13,18-19,24-25H2,1-8H3,(H,44,49)(H,50,51)(H,52,53)(H,54,55). The first-order valence-electron chi connectivity index (χ1n) is 19.0. The number of unbranched alkanes of at least 4 members (excludes halogenated alkanes) is 1. The minimum atomic E-state index is -1.31. The van der Waals surface area contributed by atoms with Crippen molar-refractivity contribution in [3.05, 3.63) is 53.9 Å². The van der Waals surface area contributed by atoms with Gasteiger partial charge in [-0.2, -0.15) is 0 Å². The maximum Gasteiger partial charge on any atom is 0.320 e. The molecule has 1 unspecified atom stereocenters. The first-order valence-corrected chi connectivity index (χ1v) is 19.0. The molecule has 1 aliphatic heterocycles. The summed E-state index contributed by atoms with van der Waals surface area (Å²) >= 11 is 0. The average Bonchev–Trinajstić information content (AvgIpc) is 3.15. The van der Waals surface area contributed by atoms with Gasteiger partial charge in [0.05, 0.1) is 36.9 Å². The molecule has 1 aliphatic carbocycles. The van der Waals surface area contributed by atoms with E-state index in [1.807, 2.05) is 57.4 Å². The summed E-state index contributed by atoms with van der Waals surface area (Å²) in [6.07, 6.45) is 1.69. The number of hydrogen-bond donors (Lipinski definition) is 4. The lowest BCUT2D eigenvalue weighted by Crippen LogP contribution is -2.46. The lowest BCUT2D eigenvalue weighted by Gasteiger charge is -2.34. The zero-order valence-electron chi connectivity index (χ0n) is 34.2. The molecule has 57 heavy (non-hydrogen) atoms. The SMILES string of the molecule is CN=c1ccc2c(-c3cc(N(C)C)c(N(CCCC(=O)NCCCCC(C(=O)O)N(CC(=O)O)CC(=O)O)C(C)C)cc3OC)c3ccc(N(C)C)cc3oc-2c1. The fraction of sp³-hybridized carbons (Fsp3) is 0.452. The van der Waals surface area contributed by atoms with Gasteiger partial charge in [0, 0.05) is 107 Å². The number of anilines is 3. The van der Waals surface area contributed by atoms with E-state index in [-0.39, 0.29) is 24.8 Å². The second-order valence-electron chi connectivity index (χ2n) is 14.7. The summed E-state index contributed by atoms with van der Waals surface area (Å²) in [5.74, 6) is -2.66. The van der Waals surface area contributed by atoms with E-state index in [1.54, 1.807) is 14.2 Å². The molecule has 4 rings (SSSR count). The normalized spacial score (nSPS) is 12.3. The van der Waals surface area contributed by atoms with Crippen LogP contribution in [0.5, 0.6) is 5.75 Å². The van der Waals surface area contributed by atoms with Gasteiger partial charge in [-0.3, -0.25) is 29.1 Å². The number of ether oxygens (including phenoxy) is 1. The molecule has 4 N–H and O–H groups in total. The Kier molecular flexibility index (Phi) is 15.3. The van der Waals surface area contributed by atoms with Crippen LogP contribution in [0.4, 0.5) is 17.1 Å². The van der Waals surface area contributed by atoms with E-state index in [4.69, 9.17) is 19.4 Å². The van der Waals surface area contributed by atoms with Crippen molar-refractivity contribution in [1.82, 2.24) is 10.2 Å². The summed E-state index contributed by atoms with van der Waals surface area (Å²) in [6.45, 7) is 3.71. The molecule has 1 atom stereocenters. The molecule has 15 nitrogen and oxygen atoms in total. The van der Waals surface area contributed by atoms with Crippen molar-refractivity contribution in [3.8, 4) is 28.2 Å². The number of carbonyl (C=O) groups is 4. The Morgan fingerprint density at radius 1 is 0.842 bits per heavy atom. The van der Waals surface area contributed by atoms with Crippen LogP contribution < -0.4 is 30.1 Å². The third-order valence-corrected chi connectivity index (χ3v) is 9.88. The number of nitrogens with zero attached hydrogens (tertiary/aromatic N) is 5. The van der Waals surface area contributed by atoms with Gasteiger partial charge in [-0.1, -0.05) is 0 Å². The molecule has 2 aromatic carbocycles. The molecule has 0 radical (unpaired) electrons.